The summed E-state index contributed by atoms with van der Waals surface area (Å²) in [6.45, 7) is -0.337. The van der Waals surface area contributed by atoms with E-state index in [1.165, 1.54) is 0 Å². The van der Waals surface area contributed by atoms with Crippen LogP contribution in [0.1, 0.15) is 23.6 Å². The minimum atomic E-state index is -1.05. The van der Waals surface area contributed by atoms with E-state index in [0.717, 1.165) is 5.56 Å². The highest BCUT2D eigenvalue weighted by Crippen LogP contribution is 2.12. The van der Waals surface area contributed by atoms with Crippen molar-refractivity contribution in [1.82, 2.24) is 0 Å². The molecule has 0 saturated heterocycles. The second-order valence-corrected chi connectivity index (χ2v) is 3.35. The Hall–Kier alpha value is -1.42. The van der Waals surface area contributed by atoms with Crippen molar-refractivity contribution in [3.8, 4) is 0 Å². The van der Waals surface area contributed by atoms with Crippen molar-refractivity contribution < 1.29 is 14.3 Å². The number of carbonyl (C=O) groups is 1. The number of alkyl halides is 1. The molecule has 0 aromatic heterocycles. The van der Waals surface area contributed by atoms with Crippen LogP contribution in [0.15, 0.2) is 24.3 Å². The van der Waals surface area contributed by atoms with E-state index >= 15 is 0 Å². The standard InChI is InChI=1S/C11H14FNO2/c12-7-1-2-8-3-5-9(6-4-8)10(13)11(14)15/h3-6,10H,1-2,7,13H2,(H,14,15). The highest BCUT2D eigenvalue weighted by molar-refractivity contribution is 5.75. The zero-order chi connectivity index (χ0) is 11.3. The van der Waals surface area contributed by atoms with E-state index in [1.54, 1.807) is 24.3 Å². The summed E-state index contributed by atoms with van der Waals surface area (Å²) < 4.78 is 11.9. The largest absolute Gasteiger partial charge is 0.480 e. The molecular formula is C11H14FNO2. The predicted molar refractivity (Wildman–Crippen MR) is 55.3 cm³/mol. The van der Waals surface area contributed by atoms with E-state index in [2.05, 4.69) is 0 Å². The molecule has 1 atom stereocenters. The molecule has 82 valence electrons. The Labute approximate surface area is 87.7 Å². The number of benzene rings is 1. The van der Waals surface area contributed by atoms with E-state index in [-0.39, 0.29) is 6.67 Å². The Bertz CT molecular complexity index is 324. The molecule has 1 unspecified atom stereocenters. The van der Waals surface area contributed by atoms with E-state index in [0.29, 0.717) is 18.4 Å². The van der Waals surface area contributed by atoms with Crippen molar-refractivity contribution in [3.63, 3.8) is 0 Å². The normalized spacial score (nSPS) is 12.4. The molecule has 0 saturated carbocycles. The van der Waals surface area contributed by atoms with Crippen molar-refractivity contribution in [2.45, 2.75) is 18.9 Å². The van der Waals surface area contributed by atoms with Crippen LogP contribution in [-0.2, 0) is 11.2 Å². The molecule has 0 heterocycles. The van der Waals surface area contributed by atoms with E-state index < -0.39 is 12.0 Å². The van der Waals surface area contributed by atoms with Gasteiger partial charge in [-0.1, -0.05) is 24.3 Å². The van der Waals surface area contributed by atoms with Crippen LogP contribution in [0.25, 0.3) is 0 Å². The fourth-order valence-electron chi connectivity index (χ4n) is 1.31. The molecule has 4 heteroatoms. The number of aliphatic carboxylic acids is 1. The van der Waals surface area contributed by atoms with Gasteiger partial charge < -0.3 is 10.8 Å². The SMILES string of the molecule is NC(C(=O)O)c1ccc(CCCF)cc1. The average Bonchev–Trinajstić information content (AvgIpc) is 2.26. The van der Waals surface area contributed by atoms with E-state index in [1.807, 2.05) is 0 Å². The molecule has 0 fully saturated rings. The summed E-state index contributed by atoms with van der Waals surface area (Å²) in [6.07, 6.45) is 1.16. The number of carboxylic acids is 1. The molecule has 3 nitrogen and oxygen atoms in total. The van der Waals surface area contributed by atoms with Crippen LogP contribution in [0.4, 0.5) is 4.39 Å². The van der Waals surface area contributed by atoms with Crippen molar-refractivity contribution in [3.05, 3.63) is 35.4 Å². The maximum atomic E-state index is 11.9. The van der Waals surface area contributed by atoms with E-state index in [4.69, 9.17) is 10.8 Å². The summed E-state index contributed by atoms with van der Waals surface area (Å²) in [7, 11) is 0. The Morgan fingerprint density at radius 2 is 2.00 bits per heavy atom. The molecule has 0 aliphatic rings. The third-order valence-electron chi connectivity index (χ3n) is 2.20. The van der Waals surface area contributed by atoms with Gasteiger partial charge in [-0.2, -0.15) is 0 Å². The number of carboxylic acid groups (broad SMARTS) is 1. The Kier molecular flexibility index (Phi) is 4.24. The highest BCUT2D eigenvalue weighted by Gasteiger charge is 2.13. The van der Waals surface area contributed by atoms with Crippen LogP contribution in [0.3, 0.4) is 0 Å². The third kappa shape index (κ3) is 3.32. The van der Waals surface area contributed by atoms with Crippen molar-refractivity contribution in [2.24, 2.45) is 5.73 Å². The molecule has 0 amide bonds. The van der Waals surface area contributed by atoms with Crippen LogP contribution >= 0.6 is 0 Å². The minimum absolute atomic E-state index is 0.337. The molecule has 0 radical (unpaired) electrons. The first kappa shape index (κ1) is 11.7. The first-order valence-electron chi connectivity index (χ1n) is 4.78. The molecule has 0 bridgehead atoms. The maximum Gasteiger partial charge on any atom is 0.325 e. The summed E-state index contributed by atoms with van der Waals surface area (Å²) in [6, 6.07) is 5.93. The van der Waals surface area contributed by atoms with Gasteiger partial charge in [-0.25, -0.2) is 0 Å². The third-order valence-corrected chi connectivity index (χ3v) is 2.20. The first-order valence-corrected chi connectivity index (χ1v) is 4.78. The van der Waals surface area contributed by atoms with Gasteiger partial charge in [0.2, 0.25) is 0 Å². The Morgan fingerprint density at radius 3 is 2.47 bits per heavy atom. The summed E-state index contributed by atoms with van der Waals surface area (Å²) in [5.74, 6) is -1.05. The summed E-state index contributed by atoms with van der Waals surface area (Å²) in [5.41, 5.74) is 6.98. The lowest BCUT2D eigenvalue weighted by Gasteiger charge is -2.07. The molecular weight excluding hydrogens is 197 g/mol. The van der Waals surface area contributed by atoms with Crippen LogP contribution < -0.4 is 5.73 Å². The second kappa shape index (κ2) is 5.46. The average molecular weight is 211 g/mol. The van der Waals surface area contributed by atoms with Gasteiger partial charge >= 0.3 is 5.97 Å². The molecule has 0 aliphatic heterocycles. The zero-order valence-electron chi connectivity index (χ0n) is 8.32. The smallest absolute Gasteiger partial charge is 0.325 e. The molecule has 1 aromatic carbocycles. The lowest BCUT2D eigenvalue weighted by molar-refractivity contribution is -0.138. The maximum absolute atomic E-state index is 11.9. The van der Waals surface area contributed by atoms with Gasteiger partial charge in [0, 0.05) is 0 Å². The zero-order valence-corrected chi connectivity index (χ0v) is 8.32. The quantitative estimate of drug-likeness (QED) is 0.778. The molecule has 0 spiro atoms. The van der Waals surface area contributed by atoms with Crippen molar-refractivity contribution in [1.29, 1.82) is 0 Å². The number of halogens is 1. The van der Waals surface area contributed by atoms with Crippen molar-refractivity contribution in [2.75, 3.05) is 6.67 Å². The first-order chi connectivity index (χ1) is 7.15. The lowest BCUT2D eigenvalue weighted by Crippen LogP contribution is -2.20. The highest BCUT2D eigenvalue weighted by atomic mass is 19.1. The van der Waals surface area contributed by atoms with Crippen LogP contribution in [0.2, 0.25) is 0 Å². The summed E-state index contributed by atoms with van der Waals surface area (Å²) >= 11 is 0. The number of hydrogen-bond donors (Lipinski definition) is 2. The molecule has 3 N–H and O–H groups in total. The fraction of sp³-hybridized carbons (Fsp3) is 0.364. The fourth-order valence-corrected chi connectivity index (χ4v) is 1.31. The summed E-state index contributed by atoms with van der Waals surface area (Å²) in [5, 5.41) is 8.67. The van der Waals surface area contributed by atoms with Gasteiger partial charge in [0.15, 0.2) is 0 Å². The minimum Gasteiger partial charge on any atom is -0.480 e. The van der Waals surface area contributed by atoms with E-state index in [9.17, 15) is 9.18 Å². The number of aryl methyl sites for hydroxylation is 1. The Balaban J connectivity index is 2.67. The summed E-state index contributed by atoms with van der Waals surface area (Å²) in [4.78, 5) is 10.6. The van der Waals surface area contributed by atoms with Crippen LogP contribution in [0, 0.1) is 0 Å². The number of nitrogens with two attached hydrogens (primary N) is 1. The van der Waals surface area contributed by atoms with Gasteiger partial charge in [0.1, 0.15) is 6.04 Å². The monoisotopic (exact) mass is 211 g/mol. The van der Waals surface area contributed by atoms with Gasteiger partial charge in [0.05, 0.1) is 6.67 Å². The van der Waals surface area contributed by atoms with Gasteiger partial charge in [0.25, 0.3) is 0 Å². The number of rotatable bonds is 5. The van der Waals surface area contributed by atoms with Gasteiger partial charge in [-0.15, -0.1) is 0 Å². The lowest BCUT2D eigenvalue weighted by atomic mass is 10.0. The molecule has 0 aliphatic carbocycles. The molecule has 1 rings (SSSR count). The number of hydrogen-bond acceptors (Lipinski definition) is 2. The van der Waals surface area contributed by atoms with Gasteiger partial charge in [-0.3, -0.25) is 9.18 Å². The van der Waals surface area contributed by atoms with Gasteiger partial charge in [-0.05, 0) is 24.0 Å². The topological polar surface area (TPSA) is 63.3 Å². The second-order valence-electron chi connectivity index (χ2n) is 3.35. The molecule has 15 heavy (non-hydrogen) atoms. The Morgan fingerprint density at radius 1 is 1.40 bits per heavy atom. The molecule has 1 aromatic rings. The van der Waals surface area contributed by atoms with Crippen LogP contribution in [0.5, 0.6) is 0 Å². The predicted octanol–water partition coefficient (Wildman–Crippen LogP) is 1.67. The van der Waals surface area contributed by atoms with Crippen molar-refractivity contribution >= 4 is 5.97 Å². The van der Waals surface area contributed by atoms with Crippen LogP contribution in [-0.4, -0.2) is 17.8 Å².